The van der Waals surface area contributed by atoms with Crippen LogP contribution in [0.3, 0.4) is 0 Å². The maximum Gasteiger partial charge on any atom is 0.253 e. The zero-order valence-corrected chi connectivity index (χ0v) is 17.1. The van der Waals surface area contributed by atoms with Crippen molar-refractivity contribution >= 4 is 5.91 Å². The van der Waals surface area contributed by atoms with Crippen LogP contribution in [0.15, 0.2) is 48.5 Å². The normalized spacial score (nSPS) is 15.2. The molecule has 5 nitrogen and oxygen atoms in total. The van der Waals surface area contributed by atoms with Crippen molar-refractivity contribution in [2.24, 2.45) is 0 Å². The lowest BCUT2D eigenvalue weighted by molar-refractivity contribution is 0.0827. The molecule has 1 amide bonds. The summed E-state index contributed by atoms with van der Waals surface area (Å²) in [5.74, 6) is 1.69. The van der Waals surface area contributed by atoms with Gasteiger partial charge in [0.05, 0.1) is 6.61 Å². The average Bonchev–Trinajstić information content (AvgIpc) is 2.71. The van der Waals surface area contributed by atoms with E-state index < -0.39 is 0 Å². The number of piperidine rings is 1. The quantitative estimate of drug-likeness (QED) is 0.730. The lowest BCUT2D eigenvalue weighted by Gasteiger charge is -2.32. The van der Waals surface area contributed by atoms with Crippen LogP contribution in [-0.2, 0) is 6.54 Å². The van der Waals surface area contributed by atoms with E-state index in [4.69, 9.17) is 9.47 Å². The molecule has 0 atom stereocenters. The van der Waals surface area contributed by atoms with Gasteiger partial charge in [-0.3, -0.25) is 9.69 Å². The second-order valence-corrected chi connectivity index (χ2v) is 7.37. The van der Waals surface area contributed by atoms with Crippen LogP contribution in [0.2, 0.25) is 0 Å². The summed E-state index contributed by atoms with van der Waals surface area (Å²) < 4.78 is 11.9. The predicted octanol–water partition coefficient (Wildman–Crippen LogP) is 3.83. The van der Waals surface area contributed by atoms with E-state index in [0.717, 1.165) is 49.5 Å². The predicted molar refractivity (Wildman–Crippen MR) is 111 cm³/mol. The van der Waals surface area contributed by atoms with Crippen molar-refractivity contribution in [2.45, 2.75) is 32.4 Å². The molecule has 3 rings (SSSR count). The van der Waals surface area contributed by atoms with Gasteiger partial charge < -0.3 is 14.4 Å². The van der Waals surface area contributed by atoms with Gasteiger partial charge >= 0.3 is 0 Å². The van der Waals surface area contributed by atoms with E-state index in [-0.39, 0.29) is 12.0 Å². The van der Waals surface area contributed by atoms with Crippen LogP contribution < -0.4 is 9.47 Å². The average molecular weight is 383 g/mol. The zero-order valence-electron chi connectivity index (χ0n) is 17.1. The summed E-state index contributed by atoms with van der Waals surface area (Å²) in [6.45, 7) is 5.43. The Morgan fingerprint density at radius 3 is 2.46 bits per heavy atom. The second kappa shape index (κ2) is 9.60. The molecule has 1 aliphatic heterocycles. The number of amides is 1. The molecule has 0 radical (unpaired) electrons. The Labute approximate surface area is 167 Å². The fraction of sp³-hybridized carbons (Fsp3) is 0.435. The minimum atomic E-state index is 0.0434. The van der Waals surface area contributed by atoms with Gasteiger partial charge in [-0.15, -0.1) is 0 Å². The lowest BCUT2D eigenvalue weighted by atomic mass is 10.1. The maximum absolute atomic E-state index is 12.2. The molecule has 2 aromatic carbocycles. The standard InChI is InChI=1S/C23H30N2O3/c1-4-27-21-10-5-6-11-22(21)28-20-12-14-25(15-13-20)17-18-8-7-9-19(16-18)23(26)24(2)3/h5-11,16,20H,4,12-15,17H2,1-3H3. The first-order valence-corrected chi connectivity index (χ1v) is 9.98. The third kappa shape index (κ3) is 5.26. The fourth-order valence-electron chi connectivity index (χ4n) is 3.51. The minimum absolute atomic E-state index is 0.0434. The molecule has 1 fully saturated rings. The third-order valence-corrected chi connectivity index (χ3v) is 4.96. The molecule has 0 saturated carbocycles. The maximum atomic E-state index is 12.2. The van der Waals surface area contributed by atoms with Crippen LogP contribution in [0.25, 0.3) is 0 Å². The number of nitrogens with zero attached hydrogens (tertiary/aromatic N) is 2. The number of hydrogen-bond donors (Lipinski definition) is 0. The summed E-state index contributed by atoms with van der Waals surface area (Å²) in [6.07, 6.45) is 2.17. The zero-order chi connectivity index (χ0) is 19.9. The van der Waals surface area contributed by atoms with Crippen molar-refractivity contribution in [3.05, 3.63) is 59.7 Å². The van der Waals surface area contributed by atoms with Crippen LogP contribution >= 0.6 is 0 Å². The van der Waals surface area contributed by atoms with Crippen molar-refractivity contribution in [3.8, 4) is 11.5 Å². The molecular formula is C23H30N2O3. The van der Waals surface area contributed by atoms with Crippen molar-refractivity contribution in [3.63, 3.8) is 0 Å². The van der Waals surface area contributed by atoms with E-state index in [1.165, 1.54) is 5.56 Å². The molecule has 0 N–H and O–H groups in total. The molecule has 1 saturated heterocycles. The van der Waals surface area contributed by atoms with Crippen LogP contribution in [0.1, 0.15) is 35.7 Å². The molecule has 0 aliphatic carbocycles. The van der Waals surface area contributed by atoms with Crippen molar-refractivity contribution in [1.82, 2.24) is 9.80 Å². The van der Waals surface area contributed by atoms with E-state index in [9.17, 15) is 4.79 Å². The monoisotopic (exact) mass is 382 g/mol. The van der Waals surface area contributed by atoms with E-state index in [0.29, 0.717) is 6.61 Å². The highest BCUT2D eigenvalue weighted by molar-refractivity contribution is 5.94. The Bertz CT molecular complexity index is 783. The molecule has 1 aliphatic rings. The van der Waals surface area contributed by atoms with Crippen LogP contribution in [0.4, 0.5) is 0 Å². The van der Waals surface area contributed by atoms with Gasteiger partial charge in [0.25, 0.3) is 5.91 Å². The number of carbonyl (C=O) groups is 1. The van der Waals surface area contributed by atoms with E-state index in [1.54, 1.807) is 19.0 Å². The van der Waals surface area contributed by atoms with Gasteiger partial charge in [-0.25, -0.2) is 0 Å². The minimum Gasteiger partial charge on any atom is -0.490 e. The topological polar surface area (TPSA) is 42.0 Å². The molecule has 0 spiro atoms. The van der Waals surface area contributed by atoms with Crippen LogP contribution in [-0.4, -0.2) is 55.6 Å². The molecule has 0 aromatic heterocycles. The first-order valence-electron chi connectivity index (χ1n) is 9.98. The number of benzene rings is 2. The van der Waals surface area contributed by atoms with Crippen molar-refractivity contribution < 1.29 is 14.3 Å². The number of likely N-dealkylation sites (tertiary alicyclic amines) is 1. The first kappa shape index (κ1) is 20.2. The molecule has 5 heteroatoms. The first-order chi connectivity index (χ1) is 13.6. The van der Waals surface area contributed by atoms with Gasteiger partial charge in [-0.1, -0.05) is 24.3 Å². The highest BCUT2D eigenvalue weighted by atomic mass is 16.5. The van der Waals surface area contributed by atoms with E-state index in [2.05, 4.69) is 11.0 Å². The number of hydrogen-bond acceptors (Lipinski definition) is 4. The summed E-state index contributed by atoms with van der Waals surface area (Å²) in [5.41, 5.74) is 1.92. The molecule has 1 heterocycles. The molecule has 0 bridgehead atoms. The van der Waals surface area contributed by atoms with E-state index >= 15 is 0 Å². The number of carbonyl (C=O) groups excluding carboxylic acids is 1. The van der Waals surface area contributed by atoms with Crippen molar-refractivity contribution in [2.75, 3.05) is 33.8 Å². The molecule has 2 aromatic rings. The largest absolute Gasteiger partial charge is 0.490 e. The Morgan fingerprint density at radius 1 is 1.07 bits per heavy atom. The Morgan fingerprint density at radius 2 is 1.79 bits per heavy atom. The van der Waals surface area contributed by atoms with Crippen LogP contribution in [0.5, 0.6) is 11.5 Å². The summed E-state index contributed by atoms with van der Waals surface area (Å²) in [4.78, 5) is 16.2. The van der Waals surface area contributed by atoms with Gasteiger partial charge in [0.2, 0.25) is 0 Å². The number of ether oxygens (including phenoxy) is 2. The second-order valence-electron chi connectivity index (χ2n) is 7.37. The number of rotatable bonds is 7. The molecule has 0 unspecified atom stereocenters. The highest BCUT2D eigenvalue weighted by Gasteiger charge is 2.22. The number of para-hydroxylation sites is 2. The van der Waals surface area contributed by atoms with Gasteiger partial charge in [0, 0.05) is 39.3 Å². The summed E-state index contributed by atoms with van der Waals surface area (Å²) >= 11 is 0. The molecule has 150 valence electrons. The molecule has 28 heavy (non-hydrogen) atoms. The SMILES string of the molecule is CCOc1ccccc1OC1CCN(Cc2cccc(C(=O)N(C)C)c2)CC1. The van der Waals surface area contributed by atoms with Gasteiger partial charge in [-0.2, -0.15) is 0 Å². The summed E-state index contributed by atoms with van der Waals surface area (Å²) in [6, 6.07) is 15.8. The lowest BCUT2D eigenvalue weighted by Crippen LogP contribution is -2.37. The van der Waals surface area contributed by atoms with E-state index in [1.807, 2.05) is 49.4 Å². The highest BCUT2D eigenvalue weighted by Crippen LogP contribution is 2.29. The van der Waals surface area contributed by atoms with Crippen LogP contribution in [0, 0.1) is 0 Å². The Kier molecular flexibility index (Phi) is 6.93. The van der Waals surface area contributed by atoms with Gasteiger partial charge in [0.15, 0.2) is 11.5 Å². The summed E-state index contributed by atoms with van der Waals surface area (Å²) in [5, 5.41) is 0. The summed E-state index contributed by atoms with van der Waals surface area (Å²) in [7, 11) is 3.56. The fourth-order valence-corrected chi connectivity index (χ4v) is 3.51. The van der Waals surface area contributed by atoms with Gasteiger partial charge in [0.1, 0.15) is 6.10 Å². The molecular weight excluding hydrogens is 352 g/mol. The smallest absolute Gasteiger partial charge is 0.253 e. The Balaban J connectivity index is 1.54. The third-order valence-electron chi connectivity index (χ3n) is 4.96. The Hall–Kier alpha value is -2.53. The van der Waals surface area contributed by atoms with Gasteiger partial charge in [-0.05, 0) is 49.6 Å². The van der Waals surface area contributed by atoms with Crippen molar-refractivity contribution in [1.29, 1.82) is 0 Å².